The molecule has 3 N–H and O–H groups in total. The molecule has 0 radical (unpaired) electrons. The van der Waals surface area contributed by atoms with Gasteiger partial charge >= 0.3 is 0 Å². The number of rotatable bonds is 4. The van der Waals surface area contributed by atoms with Gasteiger partial charge in [0, 0.05) is 13.2 Å². The second kappa shape index (κ2) is 6.08. The molecule has 3 unspecified atom stereocenters. The Morgan fingerprint density at radius 2 is 2.33 bits per heavy atom. The summed E-state index contributed by atoms with van der Waals surface area (Å²) in [5.74, 6) is 0.624. The predicted octanol–water partition coefficient (Wildman–Crippen LogP) is 0.655. The first-order valence-electron chi connectivity index (χ1n) is 5.68. The molecule has 0 spiro atoms. The molecule has 0 aromatic carbocycles. The molecule has 88 valence electrons. The van der Waals surface area contributed by atoms with E-state index >= 15 is 0 Å². The van der Waals surface area contributed by atoms with Crippen molar-refractivity contribution in [1.82, 2.24) is 5.32 Å². The Morgan fingerprint density at radius 1 is 1.60 bits per heavy atom. The Morgan fingerprint density at radius 3 is 2.93 bits per heavy atom. The van der Waals surface area contributed by atoms with Crippen molar-refractivity contribution in [2.45, 2.75) is 44.7 Å². The molecule has 1 fully saturated rings. The van der Waals surface area contributed by atoms with Crippen molar-refractivity contribution in [2.24, 2.45) is 11.7 Å². The first-order valence-corrected chi connectivity index (χ1v) is 5.68. The van der Waals surface area contributed by atoms with Gasteiger partial charge in [-0.1, -0.05) is 19.8 Å². The summed E-state index contributed by atoms with van der Waals surface area (Å²) in [6.45, 7) is 2.52. The van der Waals surface area contributed by atoms with Gasteiger partial charge in [0.1, 0.15) is 6.04 Å². The van der Waals surface area contributed by atoms with Crippen molar-refractivity contribution in [3.8, 4) is 0 Å². The lowest BCUT2D eigenvalue weighted by atomic mass is 9.87. The van der Waals surface area contributed by atoms with E-state index in [4.69, 9.17) is 10.5 Å². The number of carbonyl (C=O) groups is 1. The average Bonchev–Trinajstić information content (AvgIpc) is 2.18. The normalized spacial score (nSPS) is 28.5. The van der Waals surface area contributed by atoms with E-state index in [1.165, 1.54) is 12.8 Å². The molecule has 0 bridgehead atoms. The van der Waals surface area contributed by atoms with E-state index in [0.717, 1.165) is 12.8 Å². The molecule has 15 heavy (non-hydrogen) atoms. The summed E-state index contributed by atoms with van der Waals surface area (Å²) in [5.41, 5.74) is 5.64. The predicted molar refractivity (Wildman–Crippen MR) is 59.4 cm³/mol. The van der Waals surface area contributed by atoms with Gasteiger partial charge < -0.3 is 15.8 Å². The van der Waals surface area contributed by atoms with Gasteiger partial charge in [-0.05, 0) is 18.8 Å². The Balaban J connectivity index is 2.30. The summed E-state index contributed by atoms with van der Waals surface area (Å²) >= 11 is 0. The van der Waals surface area contributed by atoms with Crippen molar-refractivity contribution in [2.75, 3.05) is 13.7 Å². The van der Waals surface area contributed by atoms with Crippen LogP contribution in [0, 0.1) is 5.92 Å². The molecule has 1 rings (SSSR count). The zero-order valence-corrected chi connectivity index (χ0v) is 9.66. The van der Waals surface area contributed by atoms with E-state index in [2.05, 4.69) is 12.2 Å². The van der Waals surface area contributed by atoms with Crippen LogP contribution in [0.4, 0.5) is 0 Å². The fourth-order valence-electron chi connectivity index (χ4n) is 2.13. The number of nitrogens with two attached hydrogens (primary N) is 1. The summed E-state index contributed by atoms with van der Waals surface area (Å²) in [6, 6.07) is -0.226. The average molecular weight is 214 g/mol. The van der Waals surface area contributed by atoms with E-state index in [0.29, 0.717) is 12.0 Å². The van der Waals surface area contributed by atoms with Crippen molar-refractivity contribution >= 4 is 5.91 Å². The highest BCUT2D eigenvalue weighted by molar-refractivity contribution is 5.81. The number of nitrogens with one attached hydrogen (secondary N) is 1. The van der Waals surface area contributed by atoms with Crippen LogP contribution in [0.15, 0.2) is 0 Å². The van der Waals surface area contributed by atoms with E-state index < -0.39 is 6.04 Å². The van der Waals surface area contributed by atoms with Gasteiger partial charge in [-0.25, -0.2) is 0 Å². The summed E-state index contributed by atoms with van der Waals surface area (Å²) in [6.07, 6.45) is 4.63. The van der Waals surface area contributed by atoms with Crippen LogP contribution in [0.5, 0.6) is 0 Å². The minimum absolute atomic E-state index is 0.0871. The van der Waals surface area contributed by atoms with Crippen LogP contribution in [-0.2, 0) is 9.53 Å². The summed E-state index contributed by atoms with van der Waals surface area (Å²) in [7, 11) is 1.55. The Labute approximate surface area is 91.5 Å². The summed E-state index contributed by atoms with van der Waals surface area (Å²) in [5, 5.41) is 2.99. The number of amides is 1. The smallest absolute Gasteiger partial charge is 0.239 e. The monoisotopic (exact) mass is 214 g/mol. The highest BCUT2D eigenvalue weighted by Gasteiger charge is 2.22. The van der Waals surface area contributed by atoms with Crippen molar-refractivity contribution in [1.29, 1.82) is 0 Å². The Hall–Kier alpha value is -0.610. The second-order valence-electron chi connectivity index (χ2n) is 4.54. The highest BCUT2D eigenvalue weighted by atomic mass is 16.5. The van der Waals surface area contributed by atoms with Gasteiger partial charge in [0.05, 0.1) is 6.61 Å². The van der Waals surface area contributed by atoms with Gasteiger partial charge in [-0.15, -0.1) is 0 Å². The molecule has 1 amide bonds. The van der Waals surface area contributed by atoms with Crippen LogP contribution < -0.4 is 11.1 Å². The van der Waals surface area contributed by atoms with Crippen LogP contribution in [0.1, 0.15) is 32.6 Å². The first kappa shape index (κ1) is 12.5. The molecule has 0 aromatic rings. The number of hydrogen-bond donors (Lipinski definition) is 2. The Kier molecular flexibility index (Phi) is 5.05. The highest BCUT2D eigenvalue weighted by Crippen LogP contribution is 2.23. The summed E-state index contributed by atoms with van der Waals surface area (Å²) in [4.78, 5) is 11.6. The van der Waals surface area contributed by atoms with Crippen LogP contribution in [0.2, 0.25) is 0 Å². The number of methoxy groups -OCH3 is 1. The second-order valence-corrected chi connectivity index (χ2v) is 4.54. The zero-order valence-electron chi connectivity index (χ0n) is 9.66. The molecular formula is C11H22N2O2. The molecule has 0 saturated heterocycles. The van der Waals surface area contributed by atoms with E-state index in [-0.39, 0.29) is 12.5 Å². The van der Waals surface area contributed by atoms with E-state index in [1.54, 1.807) is 7.11 Å². The molecule has 4 nitrogen and oxygen atoms in total. The van der Waals surface area contributed by atoms with Crippen molar-refractivity contribution in [3.05, 3.63) is 0 Å². The number of carbonyl (C=O) groups excluding carboxylic acids is 1. The lowest BCUT2D eigenvalue weighted by Crippen LogP contribution is -2.48. The Bertz CT molecular complexity index is 209. The van der Waals surface area contributed by atoms with Gasteiger partial charge in [0.25, 0.3) is 0 Å². The van der Waals surface area contributed by atoms with Crippen LogP contribution >= 0.6 is 0 Å². The number of hydrogen-bond acceptors (Lipinski definition) is 3. The maximum absolute atomic E-state index is 11.6. The molecule has 0 aliphatic heterocycles. The van der Waals surface area contributed by atoms with Crippen LogP contribution in [0.3, 0.4) is 0 Å². The summed E-state index contributed by atoms with van der Waals surface area (Å²) < 4.78 is 4.85. The van der Waals surface area contributed by atoms with Crippen molar-refractivity contribution < 1.29 is 9.53 Å². The zero-order chi connectivity index (χ0) is 11.3. The maximum atomic E-state index is 11.6. The lowest BCUT2D eigenvalue weighted by Gasteiger charge is -2.28. The molecule has 4 heteroatoms. The van der Waals surface area contributed by atoms with E-state index in [1.807, 2.05) is 0 Å². The van der Waals surface area contributed by atoms with Crippen LogP contribution in [-0.4, -0.2) is 31.7 Å². The minimum Gasteiger partial charge on any atom is -0.383 e. The quantitative estimate of drug-likeness (QED) is 0.722. The minimum atomic E-state index is -0.535. The van der Waals surface area contributed by atoms with Crippen molar-refractivity contribution in [3.63, 3.8) is 0 Å². The molecule has 1 aliphatic rings. The van der Waals surface area contributed by atoms with Gasteiger partial charge in [-0.3, -0.25) is 4.79 Å². The fraction of sp³-hybridized carbons (Fsp3) is 0.909. The largest absolute Gasteiger partial charge is 0.383 e. The first-order chi connectivity index (χ1) is 7.13. The number of ether oxygens (including phenoxy) is 1. The molecule has 0 aromatic heterocycles. The van der Waals surface area contributed by atoms with Gasteiger partial charge in [-0.2, -0.15) is 0 Å². The maximum Gasteiger partial charge on any atom is 0.239 e. The molecular weight excluding hydrogens is 192 g/mol. The third-order valence-electron chi connectivity index (χ3n) is 2.97. The van der Waals surface area contributed by atoms with Gasteiger partial charge in [0.2, 0.25) is 5.91 Å². The standard InChI is InChI=1S/C11H22N2O2/c1-8-4-3-5-9(6-8)13-11(14)10(12)7-15-2/h8-10H,3-7,12H2,1-2H3,(H,13,14). The lowest BCUT2D eigenvalue weighted by molar-refractivity contribution is -0.124. The van der Waals surface area contributed by atoms with E-state index in [9.17, 15) is 4.79 Å². The molecule has 3 atom stereocenters. The SMILES string of the molecule is COCC(N)C(=O)NC1CCCC(C)C1. The van der Waals surface area contributed by atoms with Crippen LogP contribution in [0.25, 0.3) is 0 Å². The van der Waals surface area contributed by atoms with Gasteiger partial charge in [0.15, 0.2) is 0 Å². The third-order valence-corrected chi connectivity index (χ3v) is 2.97. The topological polar surface area (TPSA) is 64.3 Å². The third kappa shape index (κ3) is 4.18. The molecule has 1 aliphatic carbocycles. The fourth-order valence-corrected chi connectivity index (χ4v) is 2.13. The molecule has 0 heterocycles. The molecule has 1 saturated carbocycles.